The molecule has 0 fully saturated rings. The second kappa shape index (κ2) is 7.07. The van der Waals surface area contributed by atoms with Gasteiger partial charge in [0.2, 0.25) is 0 Å². The Morgan fingerprint density at radius 3 is 2.50 bits per heavy atom. The molecule has 0 aliphatic rings. The summed E-state index contributed by atoms with van der Waals surface area (Å²) in [7, 11) is 0. The number of carbonyl (C=O) groups is 3. The van der Waals surface area contributed by atoms with Crippen molar-refractivity contribution in [1.29, 1.82) is 0 Å². The van der Waals surface area contributed by atoms with Crippen molar-refractivity contribution >= 4 is 18.0 Å². The van der Waals surface area contributed by atoms with Crippen LogP contribution in [0.4, 0.5) is 4.79 Å². The summed E-state index contributed by atoms with van der Waals surface area (Å²) in [5, 5.41) is 21.8. The fourth-order valence-electron chi connectivity index (χ4n) is 1.37. The van der Waals surface area contributed by atoms with E-state index >= 15 is 0 Å². The van der Waals surface area contributed by atoms with Gasteiger partial charge in [0.05, 0.1) is 6.42 Å². The summed E-state index contributed by atoms with van der Waals surface area (Å²) in [6.07, 6.45) is 0.899. The third-order valence-electron chi connectivity index (χ3n) is 2.41. The van der Waals surface area contributed by atoms with Gasteiger partial charge >= 0.3 is 18.0 Å². The molecule has 0 aliphatic heterocycles. The number of rotatable bonds is 6. The zero-order valence-electron chi connectivity index (χ0n) is 10.8. The van der Waals surface area contributed by atoms with Gasteiger partial charge in [0, 0.05) is 18.4 Å². The molecule has 8 nitrogen and oxygen atoms in total. The van der Waals surface area contributed by atoms with Gasteiger partial charge in [-0.05, 0) is 18.6 Å². The van der Waals surface area contributed by atoms with Gasteiger partial charge < -0.3 is 20.8 Å². The van der Waals surface area contributed by atoms with Crippen LogP contribution in [-0.2, 0) is 16.1 Å². The molecule has 4 N–H and O–H groups in total. The van der Waals surface area contributed by atoms with Crippen molar-refractivity contribution in [1.82, 2.24) is 15.6 Å². The third kappa shape index (κ3) is 5.34. The first-order chi connectivity index (χ1) is 9.38. The second-order valence-corrected chi connectivity index (χ2v) is 4.12. The van der Waals surface area contributed by atoms with Crippen molar-refractivity contribution < 1.29 is 24.6 Å². The molecule has 1 rings (SSSR count). The highest BCUT2D eigenvalue weighted by molar-refractivity contribution is 5.86. The second-order valence-electron chi connectivity index (χ2n) is 4.12. The first-order valence-corrected chi connectivity index (χ1v) is 5.79. The molecule has 1 aromatic heterocycles. The van der Waals surface area contributed by atoms with E-state index in [1.165, 1.54) is 0 Å². The number of nitrogens with one attached hydrogen (secondary N) is 2. The molecule has 2 amide bonds. The molecule has 0 aliphatic carbocycles. The normalized spacial score (nSPS) is 11.4. The number of carboxylic acid groups (broad SMARTS) is 2. The Kier molecular flexibility index (Phi) is 5.45. The van der Waals surface area contributed by atoms with Crippen molar-refractivity contribution in [3.8, 4) is 0 Å². The first-order valence-electron chi connectivity index (χ1n) is 5.79. The lowest BCUT2D eigenvalue weighted by molar-refractivity contribution is -0.145. The number of pyridine rings is 1. The topological polar surface area (TPSA) is 129 Å². The first kappa shape index (κ1) is 15.4. The van der Waals surface area contributed by atoms with Crippen LogP contribution in [0.2, 0.25) is 0 Å². The third-order valence-corrected chi connectivity index (χ3v) is 2.41. The van der Waals surface area contributed by atoms with Gasteiger partial charge in [-0.1, -0.05) is 6.07 Å². The molecule has 0 radical (unpaired) electrons. The van der Waals surface area contributed by atoms with Crippen LogP contribution in [-0.4, -0.2) is 39.2 Å². The lowest BCUT2D eigenvalue weighted by atomic mass is 10.2. The molecule has 8 heteroatoms. The minimum atomic E-state index is -1.47. The SMILES string of the molecule is Cc1ccc(CNC(=O)N[C@@H](CC(=O)O)C(=O)O)cn1. The van der Waals surface area contributed by atoms with Gasteiger partial charge in [-0.15, -0.1) is 0 Å². The van der Waals surface area contributed by atoms with Crippen LogP contribution in [0, 0.1) is 6.92 Å². The zero-order valence-corrected chi connectivity index (χ0v) is 10.8. The van der Waals surface area contributed by atoms with Crippen LogP contribution >= 0.6 is 0 Å². The monoisotopic (exact) mass is 281 g/mol. The number of hydrogen-bond donors (Lipinski definition) is 4. The number of carbonyl (C=O) groups excluding carboxylic acids is 1. The van der Waals surface area contributed by atoms with E-state index in [1.54, 1.807) is 18.3 Å². The lowest BCUT2D eigenvalue weighted by Gasteiger charge is -2.13. The summed E-state index contributed by atoms with van der Waals surface area (Å²) in [4.78, 5) is 36.8. The van der Waals surface area contributed by atoms with E-state index in [1.807, 2.05) is 6.92 Å². The number of aromatic nitrogens is 1. The number of urea groups is 1. The van der Waals surface area contributed by atoms with Gasteiger partial charge in [0.1, 0.15) is 6.04 Å². The summed E-state index contributed by atoms with van der Waals surface area (Å²) in [5.41, 5.74) is 1.58. The van der Waals surface area contributed by atoms with E-state index in [0.717, 1.165) is 11.3 Å². The Morgan fingerprint density at radius 2 is 2.00 bits per heavy atom. The molecule has 1 aromatic rings. The van der Waals surface area contributed by atoms with E-state index in [4.69, 9.17) is 10.2 Å². The number of aliphatic carboxylic acids is 2. The van der Waals surface area contributed by atoms with Crippen LogP contribution < -0.4 is 10.6 Å². The van der Waals surface area contributed by atoms with Gasteiger partial charge in [-0.3, -0.25) is 9.78 Å². The van der Waals surface area contributed by atoms with Crippen LogP contribution in [0.3, 0.4) is 0 Å². The van der Waals surface area contributed by atoms with Crippen molar-refractivity contribution in [2.24, 2.45) is 0 Å². The molecule has 0 saturated carbocycles. The predicted molar refractivity (Wildman–Crippen MR) is 68.0 cm³/mol. The summed E-state index contributed by atoms with van der Waals surface area (Å²) in [6.45, 7) is 1.99. The summed E-state index contributed by atoms with van der Waals surface area (Å²) >= 11 is 0. The van der Waals surface area contributed by atoms with Crippen molar-refractivity contribution in [2.45, 2.75) is 25.9 Å². The van der Waals surface area contributed by atoms with Crippen molar-refractivity contribution in [3.63, 3.8) is 0 Å². The summed E-state index contributed by atoms with van der Waals surface area (Å²) in [6, 6.07) is 1.33. The Hall–Kier alpha value is -2.64. The maximum absolute atomic E-state index is 11.5. The minimum Gasteiger partial charge on any atom is -0.481 e. The Morgan fingerprint density at radius 1 is 1.30 bits per heavy atom. The molecule has 0 unspecified atom stereocenters. The molecule has 0 bridgehead atoms. The van der Waals surface area contributed by atoms with Crippen LogP contribution in [0.25, 0.3) is 0 Å². The number of aryl methyl sites for hydroxylation is 1. The largest absolute Gasteiger partial charge is 0.481 e. The predicted octanol–water partition coefficient (Wildman–Crippen LogP) is 0.117. The average Bonchev–Trinajstić information content (AvgIpc) is 2.36. The van der Waals surface area contributed by atoms with Crippen LogP contribution in [0.5, 0.6) is 0 Å². The molecule has 1 atom stereocenters. The highest BCUT2D eigenvalue weighted by Crippen LogP contribution is 1.99. The number of carboxylic acids is 2. The molecule has 108 valence electrons. The van der Waals surface area contributed by atoms with Gasteiger partial charge in [-0.25, -0.2) is 9.59 Å². The van der Waals surface area contributed by atoms with Crippen molar-refractivity contribution in [3.05, 3.63) is 29.6 Å². The Bertz CT molecular complexity index is 500. The summed E-state index contributed by atoms with van der Waals surface area (Å²) < 4.78 is 0. The highest BCUT2D eigenvalue weighted by Gasteiger charge is 2.22. The number of hydrogen-bond acceptors (Lipinski definition) is 4. The lowest BCUT2D eigenvalue weighted by Crippen LogP contribution is -2.46. The Labute approximate surface area is 114 Å². The van der Waals surface area contributed by atoms with E-state index in [2.05, 4.69) is 15.6 Å². The Balaban J connectivity index is 2.47. The van der Waals surface area contributed by atoms with Gasteiger partial charge in [0.25, 0.3) is 0 Å². The van der Waals surface area contributed by atoms with E-state index < -0.39 is 30.4 Å². The molecule has 1 heterocycles. The van der Waals surface area contributed by atoms with Crippen LogP contribution in [0.15, 0.2) is 18.3 Å². The van der Waals surface area contributed by atoms with E-state index in [9.17, 15) is 14.4 Å². The fourth-order valence-corrected chi connectivity index (χ4v) is 1.37. The summed E-state index contributed by atoms with van der Waals surface area (Å²) in [5.74, 6) is -2.71. The van der Waals surface area contributed by atoms with Gasteiger partial charge in [0.15, 0.2) is 0 Å². The molecule has 0 spiro atoms. The van der Waals surface area contributed by atoms with E-state index in [0.29, 0.717) is 0 Å². The minimum absolute atomic E-state index is 0.165. The maximum atomic E-state index is 11.5. The van der Waals surface area contributed by atoms with Crippen LogP contribution in [0.1, 0.15) is 17.7 Å². The molecule has 0 aromatic carbocycles. The van der Waals surface area contributed by atoms with E-state index in [-0.39, 0.29) is 6.54 Å². The fraction of sp³-hybridized carbons (Fsp3) is 0.333. The number of nitrogens with zero attached hydrogens (tertiary/aromatic N) is 1. The standard InChI is InChI=1S/C12H15N3O5/c1-7-2-3-8(5-13-7)6-14-12(20)15-9(11(18)19)4-10(16)17/h2-3,5,9H,4,6H2,1H3,(H,16,17)(H,18,19)(H2,14,15,20)/t9-/m0/s1. The molecular formula is C12H15N3O5. The van der Waals surface area contributed by atoms with Crippen molar-refractivity contribution in [2.75, 3.05) is 0 Å². The smallest absolute Gasteiger partial charge is 0.326 e. The molecule has 0 saturated heterocycles. The molecular weight excluding hydrogens is 266 g/mol. The molecule has 20 heavy (non-hydrogen) atoms. The maximum Gasteiger partial charge on any atom is 0.326 e. The number of amides is 2. The quantitative estimate of drug-likeness (QED) is 0.586. The van der Waals surface area contributed by atoms with Gasteiger partial charge in [-0.2, -0.15) is 0 Å². The average molecular weight is 281 g/mol. The zero-order chi connectivity index (χ0) is 15.1. The highest BCUT2D eigenvalue weighted by atomic mass is 16.4.